The second kappa shape index (κ2) is 10.3. The Hall–Kier alpha value is -3.42. The van der Waals surface area contributed by atoms with Crippen LogP contribution in [0.2, 0.25) is 0 Å². The Bertz CT molecular complexity index is 1070. The molecule has 0 aliphatic carbocycles. The maximum absolute atomic E-state index is 13.2. The number of carbonyl (C=O) groups is 1. The van der Waals surface area contributed by atoms with E-state index in [4.69, 9.17) is 9.47 Å². The smallest absolute Gasteiger partial charge is 0.224 e. The average Bonchev–Trinajstić information content (AvgIpc) is 3.12. The number of carbonyl (C=O) groups excluding carboxylic acids is 1. The van der Waals surface area contributed by atoms with Crippen LogP contribution in [-0.4, -0.2) is 43.7 Å². The van der Waals surface area contributed by atoms with E-state index in [-0.39, 0.29) is 5.91 Å². The van der Waals surface area contributed by atoms with Crippen LogP contribution in [0, 0.1) is 13.8 Å². The zero-order valence-corrected chi connectivity index (χ0v) is 18.7. The molecule has 3 aromatic rings. The first-order valence-electron chi connectivity index (χ1n) is 11.1. The number of aryl methyl sites for hydroxylation is 3. The number of rotatable bonds is 3. The van der Waals surface area contributed by atoms with Crippen molar-refractivity contribution in [2.75, 3.05) is 13.2 Å². The zero-order valence-electron chi connectivity index (χ0n) is 18.7. The zero-order chi connectivity index (χ0) is 22.3. The van der Waals surface area contributed by atoms with Crippen molar-refractivity contribution < 1.29 is 14.3 Å². The summed E-state index contributed by atoms with van der Waals surface area (Å²) in [6.45, 7) is 6.00. The van der Waals surface area contributed by atoms with Crippen molar-refractivity contribution in [1.29, 1.82) is 0 Å². The molecule has 3 heterocycles. The van der Waals surface area contributed by atoms with E-state index in [1.807, 2.05) is 55.1 Å². The molecular weight excluding hydrogens is 406 g/mol. The number of amides is 1. The highest BCUT2D eigenvalue weighted by molar-refractivity contribution is 5.76. The lowest BCUT2D eigenvalue weighted by molar-refractivity contribution is -0.132. The van der Waals surface area contributed by atoms with Gasteiger partial charge in [0.25, 0.3) is 0 Å². The van der Waals surface area contributed by atoms with Crippen molar-refractivity contribution in [3.63, 3.8) is 0 Å². The van der Waals surface area contributed by atoms with Crippen molar-refractivity contribution in [3.05, 3.63) is 59.8 Å². The fraction of sp³-hybridized carbons (Fsp3) is 0.417. The molecule has 0 unspecified atom stereocenters. The number of ether oxygens (including phenoxy) is 2. The SMILES string of the molecule is Cc1nc(C)n(CCC(=O)N2CCCCCOc3ccccc3Oc3ncccc3C2)n1. The van der Waals surface area contributed by atoms with Crippen LogP contribution in [0.4, 0.5) is 0 Å². The number of hydrogen-bond acceptors (Lipinski definition) is 6. The first kappa shape index (κ1) is 21.8. The second-order valence-electron chi connectivity index (χ2n) is 7.92. The van der Waals surface area contributed by atoms with Gasteiger partial charge in [0.15, 0.2) is 11.5 Å². The molecule has 0 N–H and O–H groups in total. The molecule has 8 heteroatoms. The highest BCUT2D eigenvalue weighted by Gasteiger charge is 2.19. The second-order valence-corrected chi connectivity index (χ2v) is 7.92. The molecule has 0 saturated carbocycles. The molecule has 1 aliphatic rings. The number of aromatic nitrogens is 4. The average molecular weight is 436 g/mol. The van der Waals surface area contributed by atoms with Crippen molar-refractivity contribution >= 4 is 5.91 Å². The van der Waals surface area contributed by atoms with Gasteiger partial charge in [0.05, 0.1) is 19.7 Å². The Labute approximate surface area is 188 Å². The molecule has 1 aromatic carbocycles. The number of benzene rings is 1. The summed E-state index contributed by atoms with van der Waals surface area (Å²) in [6, 6.07) is 11.4. The molecule has 168 valence electrons. The summed E-state index contributed by atoms with van der Waals surface area (Å²) in [5, 5.41) is 4.37. The van der Waals surface area contributed by atoms with E-state index in [1.165, 1.54) is 0 Å². The van der Waals surface area contributed by atoms with Gasteiger partial charge in [-0.15, -0.1) is 0 Å². The summed E-state index contributed by atoms with van der Waals surface area (Å²) < 4.78 is 13.9. The molecule has 0 saturated heterocycles. The number of pyridine rings is 1. The van der Waals surface area contributed by atoms with Gasteiger partial charge in [0.1, 0.15) is 11.6 Å². The molecule has 0 atom stereocenters. The Morgan fingerprint density at radius 1 is 1.06 bits per heavy atom. The third kappa shape index (κ3) is 5.43. The third-order valence-corrected chi connectivity index (χ3v) is 5.45. The summed E-state index contributed by atoms with van der Waals surface area (Å²) in [4.78, 5) is 23.8. The van der Waals surface area contributed by atoms with Gasteiger partial charge in [0.2, 0.25) is 11.8 Å². The van der Waals surface area contributed by atoms with E-state index in [0.717, 1.165) is 36.5 Å². The van der Waals surface area contributed by atoms with Crippen molar-refractivity contribution in [1.82, 2.24) is 24.6 Å². The van der Waals surface area contributed by atoms with E-state index in [0.29, 0.717) is 50.0 Å². The van der Waals surface area contributed by atoms with Crippen LogP contribution >= 0.6 is 0 Å². The lowest BCUT2D eigenvalue weighted by Crippen LogP contribution is -2.32. The summed E-state index contributed by atoms with van der Waals surface area (Å²) in [5.41, 5.74) is 0.864. The highest BCUT2D eigenvalue weighted by Crippen LogP contribution is 2.32. The highest BCUT2D eigenvalue weighted by atomic mass is 16.5. The molecule has 8 nitrogen and oxygen atoms in total. The fourth-order valence-corrected chi connectivity index (χ4v) is 3.79. The summed E-state index contributed by atoms with van der Waals surface area (Å²) in [6.07, 6.45) is 4.87. The lowest BCUT2D eigenvalue weighted by atomic mass is 10.2. The van der Waals surface area contributed by atoms with Gasteiger partial charge in [-0.2, -0.15) is 5.10 Å². The normalized spacial score (nSPS) is 14.6. The van der Waals surface area contributed by atoms with Crippen molar-refractivity contribution in [2.45, 2.75) is 52.6 Å². The van der Waals surface area contributed by atoms with E-state index in [2.05, 4.69) is 15.1 Å². The molecule has 32 heavy (non-hydrogen) atoms. The van der Waals surface area contributed by atoms with Crippen molar-refractivity contribution in [3.8, 4) is 17.4 Å². The molecular formula is C24H29N5O3. The van der Waals surface area contributed by atoms with Gasteiger partial charge < -0.3 is 14.4 Å². The number of hydrogen-bond donors (Lipinski definition) is 0. The molecule has 0 bridgehead atoms. The molecule has 2 aromatic heterocycles. The summed E-state index contributed by atoms with van der Waals surface area (Å²) >= 11 is 0. The van der Waals surface area contributed by atoms with E-state index < -0.39 is 0 Å². The van der Waals surface area contributed by atoms with Crippen LogP contribution in [0.25, 0.3) is 0 Å². The van der Waals surface area contributed by atoms with Crippen molar-refractivity contribution in [2.24, 2.45) is 0 Å². The first-order valence-corrected chi connectivity index (χ1v) is 11.1. The quantitative estimate of drug-likeness (QED) is 0.617. The van der Waals surface area contributed by atoms with Gasteiger partial charge in [-0.1, -0.05) is 18.2 Å². The minimum Gasteiger partial charge on any atom is -0.490 e. The first-order chi connectivity index (χ1) is 15.6. The molecule has 0 radical (unpaired) electrons. The molecule has 4 rings (SSSR count). The van der Waals surface area contributed by atoms with Crippen LogP contribution in [-0.2, 0) is 17.9 Å². The number of para-hydroxylation sites is 2. The maximum atomic E-state index is 13.2. The Morgan fingerprint density at radius 3 is 2.72 bits per heavy atom. The Kier molecular flexibility index (Phi) is 6.99. The van der Waals surface area contributed by atoms with Crippen LogP contribution in [0.3, 0.4) is 0 Å². The van der Waals surface area contributed by atoms with Crippen LogP contribution < -0.4 is 9.47 Å². The molecule has 0 fully saturated rings. The minimum absolute atomic E-state index is 0.0823. The Morgan fingerprint density at radius 2 is 1.91 bits per heavy atom. The monoisotopic (exact) mass is 435 g/mol. The van der Waals surface area contributed by atoms with E-state index >= 15 is 0 Å². The van der Waals surface area contributed by atoms with E-state index in [9.17, 15) is 4.79 Å². The van der Waals surface area contributed by atoms with Gasteiger partial charge >= 0.3 is 0 Å². The minimum atomic E-state index is 0.0823. The van der Waals surface area contributed by atoms with Gasteiger partial charge in [0, 0.05) is 24.7 Å². The standard InChI is InChI=1S/C24H29N5O3/c1-18-26-19(2)29(27-18)15-12-23(30)28-14-6-3-7-16-31-21-10-4-5-11-22(21)32-24-20(17-28)9-8-13-25-24/h4-5,8-11,13H,3,6-7,12,14-17H2,1-2H3. The lowest BCUT2D eigenvalue weighted by Gasteiger charge is -2.24. The van der Waals surface area contributed by atoms with E-state index in [1.54, 1.807) is 10.9 Å². The summed E-state index contributed by atoms with van der Waals surface area (Å²) in [5.74, 6) is 3.44. The largest absolute Gasteiger partial charge is 0.490 e. The van der Waals surface area contributed by atoms with Crippen LogP contribution in [0.15, 0.2) is 42.6 Å². The molecule has 0 spiro atoms. The van der Waals surface area contributed by atoms with Gasteiger partial charge in [-0.05, 0) is 51.3 Å². The third-order valence-electron chi connectivity index (χ3n) is 5.45. The van der Waals surface area contributed by atoms with Crippen LogP contribution in [0.5, 0.6) is 17.4 Å². The summed E-state index contributed by atoms with van der Waals surface area (Å²) in [7, 11) is 0. The van der Waals surface area contributed by atoms with Crippen LogP contribution in [0.1, 0.15) is 42.9 Å². The molecule has 1 aliphatic heterocycles. The topological polar surface area (TPSA) is 82.4 Å². The number of fused-ring (bicyclic) bond motifs is 2. The van der Waals surface area contributed by atoms with Gasteiger partial charge in [-0.3, -0.25) is 4.79 Å². The fourth-order valence-electron chi connectivity index (χ4n) is 3.79. The maximum Gasteiger partial charge on any atom is 0.224 e. The number of nitrogens with zero attached hydrogens (tertiary/aromatic N) is 5. The molecule has 1 amide bonds. The van der Waals surface area contributed by atoms with Gasteiger partial charge in [-0.25, -0.2) is 14.6 Å². The predicted molar refractivity (Wildman–Crippen MR) is 120 cm³/mol. The Balaban J connectivity index is 1.54. The predicted octanol–water partition coefficient (Wildman–Crippen LogP) is 4.06.